The van der Waals surface area contributed by atoms with Crippen molar-refractivity contribution >= 4 is 11.9 Å². The summed E-state index contributed by atoms with van der Waals surface area (Å²) in [5.41, 5.74) is 4.75. The van der Waals surface area contributed by atoms with Gasteiger partial charge in [-0.1, -0.05) is 31.2 Å². The lowest BCUT2D eigenvalue weighted by Crippen LogP contribution is -2.39. The molecular formula is C20H20O2. The normalized spacial score (nSPS) is 31.9. The molecule has 3 aliphatic rings. The Morgan fingerprint density at radius 2 is 1.64 bits per heavy atom. The van der Waals surface area contributed by atoms with Crippen molar-refractivity contribution in [1.82, 2.24) is 0 Å². The van der Waals surface area contributed by atoms with E-state index in [4.69, 9.17) is 4.74 Å². The summed E-state index contributed by atoms with van der Waals surface area (Å²) < 4.78 is 5.35. The third kappa shape index (κ3) is 1.53. The molecule has 112 valence electrons. The zero-order valence-electron chi connectivity index (χ0n) is 13.3. The number of allylic oxidation sites excluding steroid dienone is 5. The first-order valence-electron chi connectivity index (χ1n) is 7.83. The lowest BCUT2D eigenvalue weighted by atomic mass is 9.58. The van der Waals surface area contributed by atoms with E-state index >= 15 is 0 Å². The summed E-state index contributed by atoms with van der Waals surface area (Å²) in [5.74, 6) is 1.14. The van der Waals surface area contributed by atoms with Crippen molar-refractivity contribution in [2.75, 3.05) is 7.11 Å². The average Bonchev–Trinajstić information content (AvgIpc) is 2.82. The van der Waals surface area contributed by atoms with Crippen molar-refractivity contribution < 1.29 is 9.53 Å². The second kappa shape index (κ2) is 4.22. The van der Waals surface area contributed by atoms with Gasteiger partial charge in [-0.15, -0.1) is 0 Å². The summed E-state index contributed by atoms with van der Waals surface area (Å²) in [6.07, 6.45) is 10.1. The van der Waals surface area contributed by atoms with Crippen LogP contribution < -0.4 is 4.74 Å². The molecule has 0 aromatic heterocycles. The highest BCUT2D eigenvalue weighted by Gasteiger charge is 2.49. The number of methoxy groups -OCH3 is 1. The number of hydrogen-bond donors (Lipinski definition) is 0. The summed E-state index contributed by atoms with van der Waals surface area (Å²) in [7, 11) is 1.70. The van der Waals surface area contributed by atoms with Gasteiger partial charge in [0.1, 0.15) is 5.75 Å². The second-order valence-corrected chi connectivity index (χ2v) is 6.98. The van der Waals surface area contributed by atoms with Crippen molar-refractivity contribution in [1.29, 1.82) is 0 Å². The molecule has 0 saturated carbocycles. The van der Waals surface area contributed by atoms with Gasteiger partial charge in [0.15, 0.2) is 5.78 Å². The van der Waals surface area contributed by atoms with Crippen LogP contribution in [0.15, 0.2) is 47.6 Å². The van der Waals surface area contributed by atoms with Gasteiger partial charge in [0.25, 0.3) is 0 Å². The smallest absolute Gasteiger partial charge is 0.165 e. The summed E-state index contributed by atoms with van der Waals surface area (Å²) in [6.45, 7) is 4.40. The molecule has 1 aromatic rings. The second-order valence-electron chi connectivity index (χ2n) is 6.98. The highest BCUT2D eigenvalue weighted by molar-refractivity contribution is 6.02. The first kappa shape index (κ1) is 13.6. The SMILES string of the molecule is COc1ccc2c(c1)C=CC1=C3C=CC(=O)[C@@]3(C)CC[C@]12C. The van der Waals surface area contributed by atoms with Crippen molar-refractivity contribution in [3.05, 3.63) is 58.7 Å². The van der Waals surface area contributed by atoms with Crippen LogP contribution >= 0.6 is 0 Å². The van der Waals surface area contributed by atoms with Gasteiger partial charge in [0.2, 0.25) is 0 Å². The Morgan fingerprint density at radius 3 is 2.41 bits per heavy atom. The zero-order valence-corrected chi connectivity index (χ0v) is 13.3. The number of carbonyl (C=O) groups is 1. The molecule has 2 nitrogen and oxygen atoms in total. The Bertz CT molecular complexity index is 781. The third-order valence-electron chi connectivity index (χ3n) is 5.83. The number of carbonyl (C=O) groups excluding carboxylic acids is 1. The largest absolute Gasteiger partial charge is 0.497 e. The maximum Gasteiger partial charge on any atom is 0.165 e. The lowest BCUT2D eigenvalue weighted by Gasteiger charge is -2.45. The van der Waals surface area contributed by atoms with Crippen LogP contribution in [-0.4, -0.2) is 12.9 Å². The average molecular weight is 292 g/mol. The minimum Gasteiger partial charge on any atom is -0.497 e. The van der Waals surface area contributed by atoms with Gasteiger partial charge in [-0.25, -0.2) is 0 Å². The minimum atomic E-state index is -0.316. The fraction of sp³-hybridized carbons (Fsp3) is 0.350. The number of ether oxygens (including phenoxy) is 1. The Balaban J connectivity index is 1.95. The molecule has 0 aliphatic heterocycles. The van der Waals surface area contributed by atoms with Crippen molar-refractivity contribution in [3.63, 3.8) is 0 Å². The van der Waals surface area contributed by atoms with Gasteiger partial charge in [-0.3, -0.25) is 4.79 Å². The quantitative estimate of drug-likeness (QED) is 0.775. The van der Waals surface area contributed by atoms with E-state index in [-0.39, 0.29) is 16.6 Å². The van der Waals surface area contributed by atoms with Gasteiger partial charge in [0, 0.05) is 5.41 Å². The molecule has 3 aliphatic carbocycles. The van der Waals surface area contributed by atoms with E-state index in [0.29, 0.717) is 0 Å². The van der Waals surface area contributed by atoms with Gasteiger partial charge in [-0.05, 0) is 60.2 Å². The number of rotatable bonds is 1. The predicted molar refractivity (Wildman–Crippen MR) is 87.9 cm³/mol. The van der Waals surface area contributed by atoms with Crippen LogP contribution in [0.5, 0.6) is 5.75 Å². The summed E-state index contributed by atoms with van der Waals surface area (Å²) in [4.78, 5) is 12.3. The van der Waals surface area contributed by atoms with Crippen LogP contribution in [0.4, 0.5) is 0 Å². The van der Waals surface area contributed by atoms with Gasteiger partial charge < -0.3 is 4.74 Å². The van der Waals surface area contributed by atoms with E-state index < -0.39 is 0 Å². The van der Waals surface area contributed by atoms with E-state index in [2.05, 4.69) is 38.1 Å². The molecule has 0 fully saturated rings. The number of hydrogen-bond acceptors (Lipinski definition) is 2. The Labute approximate surface area is 131 Å². The molecule has 4 rings (SSSR count). The van der Waals surface area contributed by atoms with Gasteiger partial charge in [-0.2, -0.15) is 0 Å². The van der Waals surface area contributed by atoms with E-state index in [1.807, 2.05) is 12.1 Å². The molecule has 22 heavy (non-hydrogen) atoms. The molecular weight excluding hydrogens is 272 g/mol. The van der Waals surface area contributed by atoms with Crippen LogP contribution in [0.1, 0.15) is 37.8 Å². The first-order valence-corrected chi connectivity index (χ1v) is 7.83. The molecule has 0 heterocycles. The van der Waals surface area contributed by atoms with E-state index in [9.17, 15) is 4.79 Å². The van der Waals surface area contributed by atoms with Crippen LogP contribution in [0.2, 0.25) is 0 Å². The van der Waals surface area contributed by atoms with Crippen molar-refractivity contribution in [2.45, 2.75) is 32.1 Å². The highest BCUT2D eigenvalue weighted by Crippen LogP contribution is 2.56. The lowest BCUT2D eigenvalue weighted by molar-refractivity contribution is -0.121. The van der Waals surface area contributed by atoms with Crippen LogP contribution in [-0.2, 0) is 10.2 Å². The number of benzene rings is 1. The molecule has 0 unspecified atom stereocenters. The van der Waals surface area contributed by atoms with E-state index in [1.165, 1.54) is 22.3 Å². The maximum absolute atomic E-state index is 12.3. The fourth-order valence-electron chi connectivity index (χ4n) is 4.27. The summed E-state index contributed by atoms with van der Waals surface area (Å²) in [5, 5.41) is 0. The number of fused-ring (bicyclic) bond motifs is 4. The van der Waals surface area contributed by atoms with E-state index in [0.717, 1.165) is 18.6 Å². The first-order chi connectivity index (χ1) is 10.5. The van der Waals surface area contributed by atoms with Gasteiger partial charge >= 0.3 is 0 Å². The van der Waals surface area contributed by atoms with Crippen LogP contribution in [0.25, 0.3) is 6.08 Å². The molecule has 0 amide bonds. The summed E-state index contributed by atoms with van der Waals surface area (Å²) >= 11 is 0. The molecule has 0 radical (unpaired) electrons. The van der Waals surface area contributed by atoms with Gasteiger partial charge in [0.05, 0.1) is 12.5 Å². The molecule has 2 atom stereocenters. The maximum atomic E-state index is 12.3. The highest BCUT2D eigenvalue weighted by atomic mass is 16.5. The van der Waals surface area contributed by atoms with E-state index in [1.54, 1.807) is 13.2 Å². The van der Waals surface area contributed by atoms with Crippen molar-refractivity contribution in [2.24, 2.45) is 5.41 Å². The van der Waals surface area contributed by atoms with Crippen LogP contribution in [0, 0.1) is 5.41 Å². The monoisotopic (exact) mass is 292 g/mol. The standard InChI is InChI=1S/C20H20O2/c1-19-10-11-20(2)17(8-9-18(20)21)16(19)6-4-13-12-14(22-3)5-7-15(13)19/h4-9,12H,10-11H2,1-3H3/t19-,20-/m0/s1. The number of ketones is 1. The predicted octanol–water partition coefficient (Wildman–Crippen LogP) is 4.22. The summed E-state index contributed by atoms with van der Waals surface area (Å²) in [6, 6.07) is 6.32. The van der Waals surface area contributed by atoms with Crippen LogP contribution in [0.3, 0.4) is 0 Å². The Hall–Kier alpha value is -2.09. The topological polar surface area (TPSA) is 26.3 Å². The molecule has 0 spiro atoms. The third-order valence-corrected chi connectivity index (χ3v) is 5.83. The van der Waals surface area contributed by atoms with Crippen molar-refractivity contribution in [3.8, 4) is 5.75 Å². The molecule has 0 N–H and O–H groups in total. The Kier molecular flexibility index (Phi) is 2.60. The molecule has 2 heteroatoms. The Morgan fingerprint density at radius 1 is 0.955 bits per heavy atom. The molecule has 0 bridgehead atoms. The molecule has 1 aromatic carbocycles. The zero-order chi connectivity index (χ0) is 15.5. The molecule has 0 saturated heterocycles. The minimum absolute atomic E-state index is 0.0137. The fourth-order valence-corrected chi connectivity index (χ4v) is 4.27.